The van der Waals surface area contributed by atoms with Gasteiger partial charge in [-0.1, -0.05) is 18.2 Å². The summed E-state index contributed by atoms with van der Waals surface area (Å²) < 4.78 is 11.5. The normalized spacial score (nSPS) is 17.8. The predicted octanol–water partition coefficient (Wildman–Crippen LogP) is 6.18. The number of hydrogen-bond donors (Lipinski definition) is 3. The van der Waals surface area contributed by atoms with Crippen LogP contribution in [0.25, 0.3) is 10.9 Å². The third-order valence-corrected chi connectivity index (χ3v) is 7.06. The number of hydrogen-bond acceptors (Lipinski definition) is 6. The van der Waals surface area contributed by atoms with Crippen molar-refractivity contribution in [2.75, 3.05) is 44.5 Å². The van der Waals surface area contributed by atoms with Crippen molar-refractivity contribution in [3.05, 3.63) is 53.6 Å². The Bertz CT molecular complexity index is 1110. The van der Waals surface area contributed by atoms with E-state index >= 15 is 0 Å². The molecular formula is C29H40N4O2. The van der Waals surface area contributed by atoms with Crippen LogP contribution >= 0.6 is 0 Å². The average molecular weight is 477 g/mol. The molecule has 3 N–H and O–H groups in total. The second kappa shape index (κ2) is 12.1. The lowest BCUT2D eigenvalue weighted by molar-refractivity contribution is 0.310. The van der Waals surface area contributed by atoms with Crippen LogP contribution in [0.4, 0.5) is 11.5 Å². The van der Waals surface area contributed by atoms with Crippen molar-refractivity contribution in [2.24, 2.45) is 5.92 Å². The maximum absolute atomic E-state index is 5.84. The number of nitrogens with one attached hydrogen (secondary N) is 3. The van der Waals surface area contributed by atoms with Crippen molar-refractivity contribution >= 4 is 22.4 Å². The molecule has 1 aromatic heterocycles. The highest BCUT2D eigenvalue weighted by molar-refractivity contribution is 5.95. The first-order valence-corrected chi connectivity index (χ1v) is 13.1. The molecule has 6 nitrogen and oxygen atoms in total. The molecule has 2 aromatic carbocycles. The zero-order valence-corrected chi connectivity index (χ0v) is 21.6. The van der Waals surface area contributed by atoms with Crippen molar-refractivity contribution < 1.29 is 9.47 Å². The van der Waals surface area contributed by atoms with Crippen LogP contribution in [0.1, 0.15) is 56.6 Å². The van der Waals surface area contributed by atoms with Gasteiger partial charge in [-0.2, -0.15) is 0 Å². The van der Waals surface area contributed by atoms with Gasteiger partial charge >= 0.3 is 0 Å². The van der Waals surface area contributed by atoms with Crippen molar-refractivity contribution in [1.82, 2.24) is 10.3 Å². The van der Waals surface area contributed by atoms with E-state index in [2.05, 4.69) is 46.3 Å². The molecule has 0 amide bonds. The number of para-hydroxylation sites is 1. The topological polar surface area (TPSA) is 67.4 Å². The number of aromatic nitrogens is 1. The van der Waals surface area contributed by atoms with Crippen molar-refractivity contribution in [2.45, 2.75) is 52.0 Å². The van der Waals surface area contributed by atoms with Gasteiger partial charge in [0.2, 0.25) is 0 Å². The number of nitrogens with zero attached hydrogens (tertiary/aromatic N) is 1. The Morgan fingerprint density at radius 3 is 2.40 bits per heavy atom. The van der Waals surface area contributed by atoms with Crippen LogP contribution in [0.5, 0.6) is 11.5 Å². The molecule has 4 rings (SSSR count). The number of rotatable bonds is 11. The maximum atomic E-state index is 5.84. The Morgan fingerprint density at radius 2 is 1.69 bits per heavy atom. The number of anilines is 2. The zero-order valence-electron chi connectivity index (χ0n) is 21.6. The fraction of sp³-hybridized carbons (Fsp3) is 0.483. The molecule has 1 heterocycles. The molecule has 1 aliphatic carbocycles. The molecule has 0 bridgehead atoms. The van der Waals surface area contributed by atoms with Crippen LogP contribution in [0.2, 0.25) is 0 Å². The maximum Gasteiger partial charge on any atom is 0.132 e. The monoisotopic (exact) mass is 476 g/mol. The van der Waals surface area contributed by atoms with E-state index in [0.717, 1.165) is 41.5 Å². The predicted molar refractivity (Wildman–Crippen MR) is 146 cm³/mol. The van der Waals surface area contributed by atoms with E-state index in [0.29, 0.717) is 25.0 Å². The SMILES string of the molecule is CCOc1ccc(OCC)c(CNC[C@H]2CC[C@@H](c3c(NC)nc4ccccc4c3NC)CC2)c1. The van der Waals surface area contributed by atoms with E-state index in [4.69, 9.17) is 14.5 Å². The number of fused-ring (bicyclic) bond motifs is 1. The summed E-state index contributed by atoms with van der Waals surface area (Å²) >= 11 is 0. The summed E-state index contributed by atoms with van der Waals surface area (Å²) in [4.78, 5) is 4.94. The summed E-state index contributed by atoms with van der Waals surface area (Å²) in [6, 6.07) is 14.5. The second-order valence-electron chi connectivity index (χ2n) is 9.25. The van der Waals surface area contributed by atoms with Gasteiger partial charge in [-0.15, -0.1) is 0 Å². The van der Waals surface area contributed by atoms with Crippen LogP contribution in [-0.2, 0) is 6.54 Å². The fourth-order valence-electron chi connectivity index (χ4n) is 5.40. The van der Waals surface area contributed by atoms with E-state index in [1.165, 1.54) is 42.3 Å². The van der Waals surface area contributed by atoms with Gasteiger partial charge in [0.1, 0.15) is 17.3 Å². The Kier molecular flexibility index (Phi) is 8.69. The van der Waals surface area contributed by atoms with Gasteiger partial charge in [0.15, 0.2) is 0 Å². The molecule has 1 aliphatic rings. The molecule has 1 saturated carbocycles. The highest BCUT2D eigenvalue weighted by atomic mass is 16.5. The highest BCUT2D eigenvalue weighted by Gasteiger charge is 2.27. The van der Waals surface area contributed by atoms with Gasteiger partial charge in [0.25, 0.3) is 0 Å². The first-order valence-electron chi connectivity index (χ1n) is 13.1. The molecule has 0 radical (unpaired) electrons. The quantitative estimate of drug-likeness (QED) is 0.307. The Balaban J connectivity index is 1.39. The minimum Gasteiger partial charge on any atom is -0.494 e. The van der Waals surface area contributed by atoms with E-state index < -0.39 is 0 Å². The Morgan fingerprint density at radius 1 is 0.914 bits per heavy atom. The third-order valence-electron chi connectivity index (χ3n) is 7.06. The van der Waals surface area contributed by atoms with E-state index in [1.807, 2.05) is 40.1 Å². The first kappa shape index (κ1) is 25.1. The molecule has 0 saturated heterocycles. The lowest BCUT2D eigenvalue weighted by Crippen LogP contribution is -2.26. The van der Waals surface area contributed by atoms with Gasteiger partial charge in [-0.05, 0) is 82.2 Å². The molecule has 1 fully saturated rings. The van der Waals surface area contributed by atoms with E-state index in [-0.39, 0.29) is 0 Å². The fourth-order valence-corrected chi connectivity index (χ4v) is 5.40. The minimum absolute atomic E-state index is 0.515. The molecule has 0 atom stereocenters. The van der Waals surface area contributed by atoms with Gasteiger partial charge < -0.3 is 25.4 Å². The molecule has 35 heavy (non-hydrogen) atoms. The van der Waals surface area contributed by atoms with Crippen molar-refractivity contribution in [3.63, 3.8) is 0 Å². The number of ether oxygens (including phenoxy) is 2. The largest absolute Gasteiger partial charge is 0.494 e. The van der Waals surface area contributed by atoms with Crippen LogP contribution in [0.3, 0.4) is 0 Å². The summed E-state index contributed by atoms with van der Waals surface area (Å²) in [6.45, 7) is 7.18. The van der Waals surface area contributed by atoms with Gasteiger partial charge in [0.05, 0.1) is 24.4 Å². The van der Waals surface area contributed by atoms with Gasteiger partial charge in [-0.25, -0.2) is 4.98 Å². The molecule has 3 aromatic rings. The van der Waals surface area contributed by atoms with E-state index in [1.54, 1.807) is 0 Å². The minimum atomic E-state index is 0.515. The summed E-state index contributed by atoms with van der Waals surface area (Å²) in [7, 11) is 4.00. The van der Waals surface area contributed by atoms with Crippen LogP contribution in [0, 0.1) is 5.92 Å². The van der Waals surface area contributed by atoms with Crippen molar-refractivity contribution in [3.8, 4) is 11.5 Å². The molecule has 6 heteroatoms. The average Bonchev–Trinajstić information content (AvgIpc) is 2.89. The summed E-state index contributed by atoms with van der Waals surface area (Å²) in [6.07, 6.45) is 4.79. The lowest BCUT2D eigenvalue weighted by Gasteiger charge is -2.31. The Labute approximate surface area is 209 Å². The lowest BCUT2D eigenvalue weighted by atomic mass is 9.78. The number of benzene rings is 2. The summed E-state index contributed by atoms with van der Waals surface area (Å²) in [5.74, 6) is 4.04. The smallest absolute Gasteiger partial charge is 0.132 e. The molecule has 0 unspecified atom stereocenters. The van der Waals surface area contributed by atoms with Crippen LogP contribution < -0.4 is 25.4 Å². The van der Waals surface area contributed by atoms with Crippen molar-refractivity contribution in [1.29, 1.82) is 0 Å². The molecule has 188 valence electrons. The summed E-state index contributed by atoms with van der Waals surface area (Å²) in [5.41, 5.74) is 4.75. The van der Waals surface area contributed by atoms with Crippen LogP contribution in [-0.4, -0.2) is 38.8 Å². The standard InChI is InChI=1S/C29H40N4O2/c1-5-34-23-15-16-26(35-6-2)22(17-23)19-32-18-20-11-13-21(14-12-20)27-28(30-3)24-9-7-8-10-25(24)33-29(27)31-4/h7-10,15-17,20-21,32H,5-6,11-14,18-19H2,1-4H3,(H2,30,31,33)/t20-,21+. The van der Waals surface area contributed by atoms with Gasteiger partial charge in [-0.3, -0.25) is 0 Å². The molecule has 0 aliphatic heterocycles. The van der Waals surface area contributed by atoms with Gasteiger partial charge in [0, 0.05) is 37.2 Å². The zero-order chi connectivity index (χ0) is 24.6. The summed E-state index contributed by atoms with van der Waals surface area (Å²) in [5, 5.41) is 11.7. The van der Waals surface area contributed by atoms with E-state index in [9.17, 15) is 0 Å². The first-order chi connectivity index (χ1) is 17.2. The Hall–Kier alpha value is -2.99. The third kappa shape index (κ3) is 5.81. The van der Waals surface area contributed by atoms with Crippen LogP contribution in [0.15, 0.2) is 42.5 Å². The highest BCUT2D eigenvalue weighted by Crippen LogP contribution is 2.44. The number of pyridine rings is 1. The molecule has 0 spiro atoms. The molecular weight excluding hydrogens is 436 g/mol. The second-order valence-corrected chi connectivity index (χ2v) is 9.25.